The minimum Gasteiger partial charge on any atom is -0.497 e. The standard InChI is InChI=1S/C28H39N3O4/c1-34-22-7-8-25-23(17-22)27-26(18-29-25)35-16-15-31(27)14-11-21-10-13-30(19-24(21)28(32)33)12-9-20-5-3-2-4-6-20/h7-8,17-18,20-21,24H,2-6,9-16,19H2,1H3,(H,32,33)/t21-,24+/m1/s1. The van der Waals surface area contributed by atoms with Gasteiger partial charge in [-0.3, -0.25) is 9.78 Å². The first kappa shape index (κ1) is 24.2. The summed E-state index contributed by atoms with van der Waals surface area (Å²) in [4.78, 5) is 21.6. The van der Waals surface area contributed by atoms with Crippen molar-refractivity contribution in [2.45, 2.75) is 51.4 Å². The van der Waals surface area contributed by atoms with Crippen LogP contribution in [0.3, 0.4) is 0 Å². The van der Waals surface area contributed by atoms with Gasteiger partial charge in [0.25, 0.3) is 0 Å². The van der Waals surface area contributed by atoms with Gasteiger partial charge in [0, 0.05) is 18.5 Å². The van der Waals surface area contributed by atoms with Gasteiger partial charge in [-0.1, -0.05) is 32.1 Å². The van der Waals surface area contributed by atoms with Crippen LogP contribution in [0.2, 0.25) is 0 Å². The Morgan fingerprint density at radius 3 is 2.80 bits per heavy atom. The highest BCUT2D eigenvalue weighted by molar-refractivity contribution is 5.96. The number of methoxy groups -OCH3 is 1. The first-order chi connectivity index (χ1) is 17.1. The molecule has 1 aromatic carbocycles. The highest BCUT2D eigenvalue weighted by atomic mass is 16.5. The fourth-order valence-corrected chi connectivity index (χ4v) is 6.36. The van der Waals surface area contributed by atoms with Crippen LogP contribution < -0.4 is 14.4 Å². The van der Waals surface area contributed by atoms with Crippen molar-refractivity contribution in [3.05, 3.63) is 24.4 Å². The first-order valence-electron chi connectivity index (χ1n) is 13.4. The molecule has 0 amide bonds. The van der Waals surface area contributed by atoms with Crippen LogP contribution in [-0.4, -0.2) is 67.4 Å². The molecule has 3 aliphatic rings. The van der Waals surface area contributed by atoms with Gasteiger partial charge in [0.15, 0.2) is 5.75 Å². The Bertz CT molecular complexity index is 1020. The Labute approximate surface area is 208 Å². The molecule has 1 saturated heterocycles. The Hall–Kier alpha value is -2.54. The average Bonchev–Trinajstić information content (AvgIpc) is 2.90. The van der Waals surface area contributed by atoms with Gasteiger partial charge in [-0.25, -0.2) is 0 Å². The fraction of sp³-hybridized carbons (Fsp3) is 0.643. The Balaban J connectivity index is 1.24. The monoisotopic (exact) mass is 481 g/mol. The highest BCUT2D eigenvalue weighted by Gasteiger charge is 2.35. The quantitative estimate of drug-likeness (QED) is 0.579. The van der Waals surface area contributed by atoms with Gasteiger partial charge in [0.2, 0.25) is 0 Å². The van der Waals surface area contributed by atoms with Crippen molar-refractivity contribution in [3.63, 3.8) is 0 Å². The second-order valence-electron chi connectivity index (χ2n) is 10.6. The number of hydrogen-bond acceptors (Lipinski definition) is 6. The van der Waals surface area contributed by atoms with Crippen molar-refractivity contribution in [1.29, 1.82) is 0 Å². The normalized spacial score (nSPS) is 23.6. The SMILES string of the molecule is COc1ccc2ncc3c(c2c1)N(CC[C@H]1CCN(CCC2CCCCC2)C[C@@H]1C(=O)O)CCO3. The highest BCUT2D eigenvalue weighted by Crippen LogP contribution is 2.39. The lowest BCUT2D eigenvalue weighted by Gasteiger charge is -2.39. The molecule has 2 aliphatic heterocycles. The Kier molecular flexibility index (Phi) is 7.61. The van der Waals surface area contributed by atoms with Crippen molar-refractivity contribution in [1.82, 2.24) is 9.88 Å². The molecule has 2 aromatic rings. The zero-order chi connectivity index (χ0) is 24.2. The number of hydrogen-bond donors (Lipinski definition) is 1. The summed E-state index contributed by atoms with van der Waals surface area (Å²) in [6.07, 6.45) is 11.7. The number of anilines is 1. The zero-order valence-corrected chi connectivity index (χ0v) is 21.0. The van der Waals surface area contributed by atoms with Crippen LogP contribution in [0.15, 0.2) is 24.4 Å². The second kappa shape index (κ2) is 11.0. The maximum atomic E-state index is 12.2. The van der Waals surface area contributed by atoms with E-state index in [1.54, 1.807) is 13.3 Å². The summed E-state index contributed by atoms with van der Waals surface area (Å²) in [7, 11) is 1.67. The summed E-state index contributed by atoms with van der Waals surface area (Å²) in [5, 5.41) is 11.1. The number of piperidine rings is 1. The number of aromatic nitrogens is 1. The van der Waals surface area contributed by atoms with E-state index >= 15 is 0 Å². The second-order valence-corrected chi connectivity index (χ2v) is 10.6. The molecule has 1 saturated carbocycles. The van der Waals surface area contributed by atoms with Crippen molar-refractivity contribution in [3.8, 4) is 11.5 Å². The van der Waals surface area contributed by atoms with E-state index in [9.17, 15) is 9.90 Å². The van der Waals surface area contributed by atoms with Crippen LogP contribution in [0.25, 0.3) is 10.9 Å². The number of ether oxygens (including phenoxy) is 2. The van der Waals surface area contributed by atoms with E-state index in [2.05, 4.69) is 14.8 Å². The molecule has 0 unspecified atom stereocenters. The van der Waals surface area contributed by atoms with Crippen molar-refractivity contribution < 1.29 is 19.4 Å². The number of rotatable bonds is 8. The molecular weight excluding hydrogens is 442 g/mol. The summed E-state index contributed by atoms with van der Waals surface area (Å²) in [5.41, 5.74) is 1.96. The molecule has 0 radical (unpaired) electrons. The molecule has 2 fully saturated rings. The summed E-state index contributed by atoms with van der Waals surface area (Å²) < 4.78 is 11.4. The summed E-state index contributed by atoms with van der Waals surface area (Å²) in [6, 6.07) is 5.92. The fourth-order valence-electron chi connectivity index (χ4n) is 6.36. The molecule has 190 valence electrons. The van der Waals surface area contributed by atoms with Gasteiger partial charge in [0.1, 0.15) is 12.4 Å². The number of likely N-dealkylation sites (tertiary alicyclic amines) is 1. The van der Waals surface area contributed by atoms with Gasteiger partial charge in [-0.15, -0.1) is 0 Å². The topological polar surface area (TPSA) is 75.1 Å². The predicted octanol–water partition coefficient (Wildman–Crippen LogP) is 4.83. The molecule has 7 heteroatoms. The Morgan fingerprint density at radius 2 is 2.00 bits per heavy atom. The summed E-state index contributed by atoms with van der Waals surface area (Å²) >= 11 is 0. The number of carboxylic acid groups (broad SMARTS) is 1. The smallest absolute Gasteiger partial charge is 0.308 e. The number of nitrogens with zero attached hydrogens (tertiary/aromatic N) is 3. The van der Waals surface area contributed by atoms with Gasteiger partial charge in [-0.05, 0) is 62.4 Å². The molecule has 0 spiro atoms. The van der Waals surface area contributed by atoms with Crippen LogP contribution in [-0.2, 0) is 4.79 Å². The van der Waals surface area contributed by atoms with Crippen LogP contribution in [0.4, 0.5) is 5.69 Å². The van der Waals surface area contributed by atoms with Gasteiger partial charge >= 0.3 is 5.97 Å². The Morgan fingerprint density at radius 1 is 1.14 bits per heavy atom. The van der Waals surface area contributed by atoms with E-state index in [4.69, 9.17) is 9.47 Å². The molecule has 1 aliphatic carbocycles. The van der Waals surface area contributed by atoms with Gasteiger partial charge < -0.3 is 24.4 Å². The number of benzene rings is 1. The van der Waals surface area contributed by atoms with E-state index in [1.807, 2.05) is 18.2 Å². The largest absolute Gasteiger partial charge is 0.497 e. The van der Waals surface area contributed by atoms with E-state index in [0.29, 0.717) is 13.2 Å². The van der Waals surface area contributed by atoms with Crippen LogP contribution in [0.1, 0.15) is 51.4 Å². The molecule has 0 bridgehead atoms. The number of fused-ring (bicyclic) bond motifs is 3. The van der Waals surface area contributed by atoms with Crippen LogP contribution >= 0.6 is 0 Å². The molecule has 1 N–H and O–H groups in total. The number of pyridine rings is 1. The molecule has 7 nitrogen and oxygen atoms in total. The minimum atomic E-state index is -0.640. The number of carbonyl (C=O) groups is 1. The van der Waals surface area contributed by atoms with Crippen molar-refractivity contribution >= 4 is 22.6 Å². The van der Waals surface area contributed by atoms with Crippen molar-refractivity contribution in [2.75, 3.05) is 51.3 Å². The average molecular weight is 482 g/mol. The lowest BCUT2D eigenvalue weighted by Crippen LogP contribution is -2.45. The van der Waals surface area contributed by atoms with Gasteiger partial charge in [-0.2, -0.15) is 0 Å². The molecule has 35 heavy (non-hydrogen) atoms. The maximum absolute atomic E-state index is 12.2. The molecular formula is C28H39N3O4. The van der Waals surface area contributed by atoms with E-state index in [0.717, 1.165) is 73.0 Å². The van der Waals surface area contributed by atoms with Gasteiger partial charge in [0.05, 0.1) is 37.0 Å². The van der Waals surface area contributed by atoms with Crippen LogP contribution in [0.5, 0.6) is 11.5 Å². The maximum Gasteiger partial charge on any atom is 0.308 e. The molecule has 3 heterocycles. The van der Waals surface area contributed by atoms with Crippen LogP contribution in [0, 0.1) is 17.8 Å². The van der Waals surface area contributed by atoms with E-state index < -0.39 is 5.97 Å². The number of aliphatic carboxylic acids is 1. The third-order valence-corrected chi connectivity index (χ3v) is 8.45. The number of carboxylic acids is 1. The molecule has 1 aromatic heterocycles. The molecule has 2 atom stereocenters. The lowest BCUT2D eigenvalue weighted by atomic mass is 9.82. The van der Waals surface area contributed by atoms with Crippen molar-refractivity contribution in [2.24, 2.45) is 17.8 Å². The lowest BCUT2D eigenvalue weighted by molar-refractivity contribution is -0.146. The third kappa shape index (κ3) is 5.50. The summed E-state index contributed by atoms with van der Waals surface area (Å²) in [6.45, 7) is 5.00. The van der Waals surface area contributed by atoms with E-state index in [-0.39, 0.29) is 11.8 Å². The van der Waals surface area contributed by atoms with E-state index in [1.165, 1.54) is 38.5 Å². The predicted molar refractivity (Wildman–Crippen MR) is 137 cm³/mol. The summed E-state index contributed by atoms with van der Waals surface area (Å²) in [5.74, 6) is 1.71. The minimum absolute atomic E-state index is 0.201. The third-order valence-electron chi connectivity index (χ3n) is 8.45. The molecule has 5 rings (SSSR count). The first-order valence-corrected chi connectivity index (χ1v) is 13.4. The zero-order valence-electron chi connectivity index (χ0n) is 21.0.